The first-order chi connectivity index (χ1) is 8.97. The number of rotatable bonds is 4. The summed E-state index contributed by atoms with van der Waals surface area (Å²) in [7, 11) is 0. The molecule has 0 fully saturated rings. The Morgan fingerprint density at radius 1 is 1.21 bits per heavy atom. The quantitative estimate of drug-likeness (QED) is 0.855. The van der Waals surface area contributed by atoms with Crippen LogP contribution in [0.2, 0.25) is 15.1 Å². The third-order valence-corrected chi connectivity index (χ3v) is 4.02. The van der Waals surface area contributed by atoms with E-state index in [1.807, 2.05) is 0 Å². The summed E-state index contributed by atoms with van der Waals surface area (Å²) in [4.78, 5) is 11.8. The van der Waals surface area contributed by atoms with Crippen LogP contribution in [0.5, 0.6) is 5.75 Å². The van der Waals surface area contributed by atoms with Crippen molar-refractivity contribution in [2.24, 2.45) is 0 Å². The molecule has 0 saturated heterocycles. The van der Waals surface area contributed by atoms with Gasteiger partial charge in [-0.2, -0.15) is 0 Å². The lowest BCUT2D eigenvalue weighted by molar-refractivity contribution is 0.0702. The summed E-state index contributed by atoms with van der Waals surface area (Å²) in [6.07, 6.45) is 0. The fourth-order valence-corrected chi connectivity index (χ4v) is 3.07. The predicted molar refractivity (Wildman–Crippen MR) is 77.1 cm³/mol. The molecule has 0 aliphatic rings. The minimum Gasteiger partial charge on any atom is -0.485 e. The molecular weight excluding hydrogens is 331 g/mol. The van der Waals surface area contributed by atoms with E-state index < -0.39 is 5.97 Å². The van der Waals surface area contributed by atoms with Crippen molar-refractivity contribution in [1.82, 2.24) is 0 Å². The Bertz CT molecular complexity index is 601. The molecule has 0 saturated carbocycles. The van der Waals surface area contributed by atoms with Crippen LogP contribution in [0.1, 0.15) is 14.5 Å². The molecule has 2 rings (SSSR count). The number of carbonyl (C=O) groups is 1. The highest BCUT2D eigenvalue weighted by molar-refractivity contribution is 7.13. The van der Waals surface area contributed by atoms with Crippen LogP contribution in [0.15, 0.2) is 24.3 Å². The molecule has 2 aromatic rings. The number of aromatic carboxylic acids is 1. The summed E-state index contributed by atoms with van der Waals surface area (Å²) in [5, 5.41) is 9.86. The summed E-state index contributed by atoms with van der Waals surface area (Å²) in [6, 6.07) is 6.27. The number of benzene rings is 1. The Kier molecular flexibility index (Phi) is 4.58. The standard InChI is InChI=1S/C12H7Cl3O3S/c13-6-3-8(14)11(9(15)4-6)18-5-7-1-2-10(19-7)12(16)17/h1-4H,5H2,(H,16,17). The second kappa shape index (κ2) is 6.01. The molecule has 1 heterocycles. The number of carboxylic acid groups (broad SMARTS) is 1. The van der Waals surface area contributed by atoms with E-state index in [0.717, 1.165) is 16.2 Å². The molecule has 0 unspecified atom stereocenters. The van der Waals surface area contributed by atoms with Gasteiger partial charge < -0.3 is 9.84 Å². The van der Waals surface area contributed by atoms with Gasteiger partial charge in [-0.05, 0) is 24.3 Å². The van der Waals surface area contributed by atoms with E-state index in [1.54, 1.807) is 6.07 Å². The van der Waals surface area contributed by atoms with Gasteiger partial charge in [0.15, 0.2) is 5.75 Å². The van der Waals surface area contributed by atoms with Gasteiger partial charge >= 0.3 is 5.97 Å². The van der Waals surface area contributed by atoms with E-state index in [2.05, 4.69) is 0 Å². The minimum atomic E-state index is -0.959. The SMILES string of the molecule is O=C(O)c1ccc(COc2c(Cl)cc(Cl)cc2Cl)s1. The minimum absolute atomic E-state index is 0.193. The van der Waals surface area contributed by atoms with Crippen molar-refractivity contribution >= 4 is 52.1 Å². The number of hydrogen-bond donors (Lipinski definition) is 1. The maximum atomic E-state index is 10.7. The van der Waals surface area contributed by atoms with Crippen molar-refractivity contribution in [2.75, 3.05) is 0 Å². The molecule has 0 bridgehead atoms. The molecule has 0 aliphatic heterocycles. The molecule has 0 amide bonds. The van der Waals surface area contributed by atoms with Crippen LogP contribution in [0.4, 0.5) is 0 Å². The first-order valence-corrected chi connectivity index (χ1v) is 7.02. The van der Waals surface area contributed by atoms with E-state index in [4.69, 9.17) is 44.6 Å². The van der Waals surface area contributed by atoms with Crippen LogP contribution < -0.4 is 4.74 Å². The maximum Gasteiger partial charge on any atom is 0.345 e. The van der Waals surface area contributed by atoms with E-state index in [-0.39, 0.29) is 11.5 Å². The van der Waals surface area contributed by atoms with Gasteiger partial charge in [0.25, 0.3) is 0 Å². The average molecular weight is 338 g/mol. The molecule has 1 aromatic heterocycles. The largest absolute Gasteiger partial charge is 0.485 e. The summed E-state index contributed by atoms with van der Waals surface area (Å²) in [5.41, 5.74) is 0. The Morgan fingerprint density at radius 2 is 1.84 bits per heavy atom. The lowest BCUT2D eigenvalue weighted by atomic mass is 10.3. The highest BCUT2D eigenvalue weighted by Crippen LogP contribution is 2.36. The summed E-state index contributed by atoms with van der Waals surface area (Å²) in [6.45, 7) is 0.193. The maximum absolute atomic E-state index is 10.7. The first kappa shape index (κ1) is 14.5. The number of ether oxygens (including phenoxy) is 1. The number of carboxylic acids is 1. The molecule has 1 aromatic carbocycles. The lowest BCUT2D eigenvalue weighted by Gasteiger charge is -2.09. The second-order valence-corrected chi connectivity index (χ2v) is 5.98. The van der Waals surface area contributed by atoms with Crippen LogP contribution in [-0.2, 0) is 6.61 Å². The summed E-state index contributed by atoms with van der Waals surface area (Å²) < 4.78 is 5.50. The molecule has 19 heavy (non-hydrogen) atoms. The van der Waals surface area contributed by atoms with Crippen LogP contribution >= 0.6 is 46.1 Å². The summed E-state index contributed by atoms with van der Waals surface area (Å²) >= 11 is 18.9. The zero-order valence-electron chi connectivity index (χ0n) is 9.32. The predicted octanol–water partition coefficient (Wildman–Crippen LogP) is 4.99. The van der Waals surface area contributed by atoms with Crippen molar-refractivity contribution < 1.29 is 14.6 Å². The van der Waals surface area contributed by atoms with Crippen LogP contribution in [0.3, 0.4) is 0 Å². The molecule has 3 nitrogen and oxygen atoms in total. The normalized spacial score (nSPS) is 10.5. The van der Waals surface area contributed by atoms with Gasteiger partial charge in [0.1, 0.15) is 11.5 Å². The van der Waals surface area contributed by atoms with Crippen molar-refractivity contribution in [1.29, 1.82) is 0 Å². The Labute approximate surface area is 128 Å². The van der Waals surface area contributed by atoms with E-state index in [9.17, 15) is 4.79 Å². The van der Waals surface area contributed by atoms with Crippen LogP contribution in [0.25, 0.3) is 0 Å². The molecule has 0 radical (unpaired) electrons. The van der Waals surface area contributed by atoms with Gasteiger partial charge in [0, 0.05) is 9.90 Å². The highest BCUT2D eigenvalue weighted by atomic mass is 35.5. The smallest absolute Gasteiger partial charge is 0.345 e. The second-order valence-electron chi connectivity index (χ2n) is 3.56. The van der Waals surface area contributed by atoms with Gasteiger partial charge in [0.2, 0.25) is 0 Å². The fraction of sp³-hybridized carbons (Fsp3) is 0.0833. The molecule has 0 atom stereocenters. The summed E-state index contributed by atoms with van der Waals surface area (Å²) in [5.74, 6) is -0.628. The zero-order chi connectivity index (χ0) is 14.0. The average Bonchev–Trinajstić information content (AvgIpc) is 2.76. The van der Waals surface area contributed by atoms with Crippen LogP contribution in [-0.4, -0.2) is 11.1 Å². The first-order valence-electron chi connectivity index (χ1n) is 5.06. The van der Waals surface area contributed by atoms with E-state index in [1.165, 1.54) is 18.2 Å². The van der Waals surface area contributed by atoms with Crippen molar-refractivity contribution in [3.8, 4) is 5.75 Å². The molecule has 0 spiro atoms. The molecule has 1 N–H and O–H groups in total. The highest BCUT2D eigenvalue weighted by Gasteiger charge is 2.11. The van der Waals surface area contributed by atoms with Gasteiger partial charge in [-0.15, -0.1) is 11.3 Å². The molecule has 0 aliphatic carbocycles. The van der Waals surface area contributed by atoms with Crippen molar-refractivity contribution in [3.63, 3.8) is 0 Å². The Morgan fingerprint density at radius 3 is 2.37 bits per heavy atom. The Balaban J connectivity index is 2.12. The molecular formula is C12H7Cl3O3S. The van der Waals surface area contributed by atoms with Gasteiger partial charge in [-0.1, -0.05) is 34.8 Å². The Hall–Kier alpha value is -0.940. The number of halogens is 3. The zero-order valence-corrected chi connectivity index (χ0v) is 12.4. The third kappa shape index (κ3) is 3.54. The van der Waals surface area contributed by atoms with Crippen molar-refractivity contribution in [2.45, 2.75) is 6.61 Å². The van der Waals surface area contributed by atoms with Gasteiger partial charge in [-0.25, -0.2) is 4.79 Å². The number of thiophene rings is 1. The third-order valence-electron chi connectivity index (χ3n) is 2.19. The number of hydrogen-bond acceptors (Lipinski definition) is 3. The van der Waals surface area contributed by atoms with Gasteiger partial charge in [-0.3, -0.25) is 0 Å². The van der Waals surface area contributed by atoms with E-state index in [0.29, 0.717) is 20.8 Å². The van der Waals surface area contributed by atoms with Gasteiger partial charge in [0.05, 0.1) is 10.0 Å². The molecule has 7 heteroatoms. The van der Waals surface area contributed by atoms with E-state index >= 15 is 0 Å². The lowest BCUT2D eigenvalue weighted by Crippen LogP contribution is -1.94. The monoisotopic (exact) mass is 336 g/mol. The van der Waals surface area contributed by atoms with Crippen molar-refractivity contribution in [3.05, 3.63) is 49.1 Å². The molecule has 100 valence electrons. The topological polar surface area (TPSA) is 46.5 Å². The fourth-order valence-electron chi connectivity index (χ4n) is 1.38. The van der Waals surface area contributed by atoms with Crippen LogP contribution in [0, 0.1) is 0 Å².